The van der Waals surface area contributed by atoms with E-state index in [1.807, 2.05) is 0 Å². The molecule has 9 heteroatoms. The SMILES string of the molecule is O=C(O)N1CCC(SCc2nc3cc(Br)c(F)cc3c(=O)[nH]2)CC1. The first-order valence-electron chi connectivity index (χ1n) is 7.41. The van der Waals surface area contributed by atoms with E-state index in [-0.39, 0.29) is 15.4 Å². The monoisotopic (exact) mass is 415 g/mol. The molecule has 2 N–H and O–H groups in total. The zero-order valence-corrected chi connectivity index (χ0v) is 15.0. The van der Waals surface area contributed by atoms with Crippen LogP contribution in [0.25, 0.3) is 10.9 Å². The summed E-state index contributed by atoms with van der Waals surface area (Å²) in [6.45, 7) is 1.06. The van der Waals surface area contributed by atoms with Crippen molar-refractivity contribution < 1.29 is 14.3 Å². The lowest BCUT2D eigenvalue weighted by Gasteiger charge is -2.29. The minimum absolute atomic E-state index is 0.221. The van der Waals surface area contributed by atoms with Gasteiger partial charge in [0.15, 0.2) is 0 Å². The van der Waals surface area contributed by atoms with Gasteiger partial charge in [-0.3, -0.25) is 4.79 Å². The number of thioether (sulfide) groups is 1. The number of hydrogen-bond acceptors (Lipinski definition) is 4. The van der Waals surface area contributed by atoms with Gasteiger partial charge in [0.2, 0.25) is 0 Å². The van der Waals surface area contributed by atoms with Gasteiger partial charge in [0.25, 0.3) is 5.56 Å². The van der Waals surface area contributed by atoms with E-state index in [4.69, 9.17) is 5.11 Å². The highest BCUT2D eigenvalue weighted by Gasteiger charge is 2.22. The number of rotatable bonds is 3. The van der Waals surface area contributed by atoms with Crippen molar-refractivity contribution in [1.82, 2.24) is 14.9 Å². The summed E-state index contributed by atoms with van der Waals surface area (Å²) in [5.41, 5.74) is 0.0889. The third-order valence-corrected chi connectivity index (χ3v) is 5.96. The van der Waals surface area contributed by atoms with Gasteiger partial charge in [-0.2, -0.15) is 11.8 Å². The molecule has 6 nitrogen and oxygen atoms in total. The summed E-state index contributed by atoms with van der Waals surface area (Å²) in [7, 11) is 0. The number of H-pyrrole nitrogens is 1. The fourth-order valence-corrected chi connectivity index (χ4v) is 4.07. The zero-order valence-electron chi connectivity index (χ0n) is 12.6. The third-order valence-electron chi connectivity index (χ3n) is 3.96. The normalized spacial score (nSPS) is 15.8. The van der Waals surface area contributed by atoms with Crippen LogP contribution in [0, 0.1) is 5.82 Å². The van der Waals surface area contributed by atoms with Crippen LogP contribution in [0.3, 0.4) is 0 Å². The average molecular weight is 416 g/mol. The van der Waals surface area contributed by atoms with Crippen molar-refractivity contribution in [2.45, 2.75) is 23.8 Å². The standard InChI is InChI=1S/C15H15BrFN3O3S/c16-10-6-12-9(5-11(10)17)14(21)19-13(18-12)7-24-8-1-3-20(4-2-8)15(22)23/h5-6,8H,1-4,7H2,(H,22,23)(H,18,19,21). The zero-order chi connectivity index (χ0) is 17.3. The first-order valence-corrected chi connectivity index (χ1v) is 9.25. The lowest BCUT2D eigenvalue weighted by molar-refractivity contribution is 0.136. The Morgan fingerprint density at radius 1 is 1.46 bits per heavy atom. The van der Waals surface area contributed by atoms with Gasteiger partial charge < -0.3 is 15.0 Å². The smallest absolute Gasteiger partial charge is 0.407 e. The van der Waals surface area contributed by atoms with Gasteiger partial charge >= 0.3 is 6.09 Å². The molecule has 1 amide bonds. The molecule has 1 aromatic heterocycles. The molecule has 2 heterocycles. The van der Waals surface area contributed by atoms with Crippen molar-refractivity contribution >= 4 is 44.7 Å². The van der Waals surface area contributed by atoms with Crippen LogP contribution in [0.4, 0.5) is 9.18 Å². The second-order valence-corrected chi connectivity index (χ2v) is 7.72. The molecule has 1 aliphatic heterocycles. The molecule has 0 saturated carbocycles. The summed E-state index contributed by atoms with van der Waals surface area (Å²) in [5, 5.41) is 9.50. The second kappa shape index (κ2) is 7.10. The predicted octanol–water partition coefficient (Wildman–Crippen LogP) is 3.20. The molecular weight excluding hydrogens is 401 g/mol. The molecule has 1 fully saturated rings. The van der Waals surface area contributed by atoms with E-state index in [0.29, 0.717) is 35.4 Å². The largest absolute Gasteiger partial charge is 0.465 e. The van der Waals surface area contributed by atoms with Gasteiger partial charge in [-0.05, 0) is 40.9 Å². The Morgan fingerprint density at radius 3 is 2.83 bits per heavy atom. The molecular formula is C15H15BrFN3O3S. The van der Waals surface area contributed by atoms with E-state index >= 15 is 0 Å². The summed E-state index contributed by atoms with van der Waals surface area (Å²) in [6.07, 6.45) is 0.689. The fourth-order valence-electron chi connectivity index (χ4n) is 2.66. The Hall–Kier alpha value is -1.61. The number of halogens is 2. The topological polar surface area (TPSA) is 86.3 Å². The molecule has 0 bridgehead atoms. The molecule has 24 heavy (non-hydrogen) atoms. The molecule has 1 saturated heterocycles. The molecule has 1 aliphatic rings. The van der Waals surface area contributed by atoms with Crippen molar-refractivity contribution in [3.8, 4) is 0 Å². The highest BCUT2D eigenvalue weighted by Crippen LogP contribution is 2.26. The highest BCUT2D eigenvalue weighted by atomic mass is 79.9. The van der Waals surface area contributed by atoms with Crippen LogP contribution in [0.2, 0.25) is 0 Å². The predicted molar refractivity (Wildman–Crippen MR) is 93.9 cm³/mol. The van der Waals surface area contributed by atoms with Gasteiger partial charge in [-0.1, -0.05) is 0 Å². The molecule has 2 aromatic rings. The molecule has 0 spiro atoms. The van der Waals surface area contributed by atoms with Gasteiger partial charge in [-0.25, -0.2) is 14.2 Å². The summed E-state index contributed by atoms with van der Waals surface area (Å²) in [5.74, 6) is 0.566. The maximum Gasteiger partial charge on any atom is 0.407 e. The second-order valence-electron chi connectivity index (χ2n) is 5.58. The van der Waals surface area contributed by atoms with Gasteiger partial charge in [0.1, 0.15) is 11.6 Å². The summed E-state index contributed by atoms with van der Waals surface area (Å²) < 4.78 is 13.8. The van der Waals surface area contributed by atoms with Crippen LogP contribution in [0.15, 0.2) is 21.4 Å². The summed E-state index contributed by atoms with van der Waals surface area (Å²) >= 11 is 4.75. The Balaban J connectivity index is 1.69. The number of aromatic nitrogens is 2. The number of fused-ring (bicyclic) bond motifs is 1. The number of carbonyl (C=O) groups is 1. The van der Waals surface area contributed by atoms with Gasteiger partial charge in [0.05, 0.1) is 21.1 Å². The molecule has 0 unspecified atom stereocenters. The third kappa shape index (κ3) is 3.72. The Kier molecular flexibility index (Phi) is 5.09. The number of amides is 1. The van der Waals surface area contributed by atoms with E-state index in [1.165, 1.54) is 17.0 Å². The van der Waals surface area contributed by atoms with Crippen LogP contribution >= 0.6 is 27.7 Å². The van der Waals surface area contributed by atoms with Crippen molar-refractivity contribution in [3.05, 3.63) is 38.6 Å². The molecule has 0 aliphatic carbocycles. The number of hydrogen-bond donors (Lipinski definition) is 2. The van der Waals surface area contributed by atoms with Crippen LogP contribution in [-0.4, -0.2) is 44.4 Å². The average Bonchev–Trinajstić information content (AvgIpc) is 2.55. The van der Waals surface area contributed by atoms with E-state index in [1.54, 1.807) is 11.8 Å². The van der Waals surface area contributed by atoms with Crippen LogP contribution in [-0.2, 0) is 5.75 Å². The molecule has 1 aromatic carbocycles. The highest BCUT2D eigenvalue weighted by molar-refractivity contribution is 9.10. The molecule has 3 rings (SSSR count). The Morgan fingerprint density at radius 2 is 2.17 bits per heavy atom. The quantitative estimate of drug-likeness (QED) is 0.803. The van der Waals surface area contributed by atoms with Crippen LogP contribution in [0.1, 0.15) is 18.7 Å². The minimum atomic E-state index is -0.878. The van der Waals surface area contributed by atoms with Gasteiger partial charge in [0, 0.05) is 18.3 Å². The summed E-state index contributed by atoms with van der Waals surface area (Å²) in [6, 6.07) is 2.67. The van der Waals surface area contributed by atoms with Crippen molar-refractivity contribution in [2.75, 3.05) is 13.1 Å². The minimum Gasteiger partial charge on any atom is -0.465 e. The maximum absolute atomic E-state index is 13.5. The van der Waals surface area contributed by atoms with Crippen LogP contribution in [0.5, 0.6) is 0 Å². The first-order chi connectivity index (χ1) is 11.4. The van der Waals surface area contributed by atoms with Crippen molar-refractivity contribution in [3.63, 3.8) is 0 Å². The van der Waals surface area contributed by atoms with Crippen molar-refractivity contribution in [2.24, 2.45) is 0 Å². The number of nitrogens with one attached hydrogen (secondary N) is 1. The Labute approximate surface area is 149 Å². The van der Waals surface area contributed by atoms with E-state index < -0.39 is 11.9 Å². The fraction of sp³-hybridized carbons (Fsp3) is 0.400. The van der Waals surface area contributed by atoms with E-state index in [2.05, 4.69) is 25.9 Å². The number of carboxylic acid groups (broad SMARTS) is 1. The van der Waals surface area contributed by atoms with Crippen LogP contribution < -0.4 is 5.56 Å². The molecule has 128 valence electrons. The maximum atomic E-state index is 13.5. The lowest BCUT2D eigenvalue weighted by Crippen LogP contribution is -2.38. The number of piperidine rings is 1. The summed E-state index contributed by atoms with van der Waals surface area (Å²) in [4.78, 5) is 31.5. The molecule has 0 radical (unpaired) electrons. The number of aromatic amines is 1. The van der Waals surface area contributed by atoms with Gasteiger partial charge in [-0.15, -0.1) is 0 Å². The number of nitrogens with zero attached hydrogens (tertiary/aromatic N) is 2. The number of likely N-dealkylation sites (tertiary alicyclic amines) is 1. The van der Waals surface area contributed by atoms with E-state index in [0.717, 1.165) is 12.8 Å². The number of benzene rings is 1. The Bertz CT molecular complexity index is 837. The molecule has 0 atom stereocenters. The van der Waals surface area contributed by atoms with E-state index in [9.17, 15) is 14.0 Å². The van der Waals surface area contributed by atoms with Crippen molar-refractivity contribution in [1.29, 1.82) is 0 Å². The lowest BCUT2D eigenvalue weighted by atomic mass is 10.1. The first kappa shape index (κ1) is 17.2.